The Bertz CT molecular complexity index is 610. The minimum absolute atomic E-state index is 0. The molecule has 0 aliphatic rings. The van der Waals surface area contributed by atoms with Gasteiger partial charge in [0.2, 0.25) is 0 Å². The zero-order chi connectivity index (χ0) is 15.2. The molecule has 2 rings (SSSR count). The lowest BCUT2D eigenvalue weighted by atomic mass is 10.2. The molecule has 0 radical (unpaired) electrons. The van der Waals surface area contributed by atoms with Crippen LogP contribution in [0.3, 0.4) is 0 Å². The Balaban J connectivity index is 0.00000242. The van der Waals surface area contributed by atoms with Crippen molar-refractivity contribution in [2.24, 2.45) is 12.0 Å². The molecular formula is C14H20FIN6. The molecular weight excluding hydrogens is 398 g/mol. The van der Waals surface area contributed by atoms with Crippen LogP contribution >= 0.6 is 24.0 Å². The number of aliphatic imine (C=N–C) groups is 1. The van der Waals surface area contributed by atoms with Crippen molar-refractivity contribution in [1.82, 2.24) is 25.0 Å². The molecule has 1 N–H and O–H groups in total. The summed E-state index contributed by atoms with van der Waals surface area (Å²) in [6, 6.07) is 6.45. The molecule has 1 aromatic carbocycles. The van der Waals surface area contributed by atoms with Gasteiger partial charge in [0.25, 0.3) is 0 Å². The Morgan fingerprint density at radius 2 is 2.05 bits per heavy atom. The highest BCUT2D eigenvalue weighted by molar-refractivity contribution is 14.0. The maximum atomic E-state index is 12.9. The summed E-state index contributed by atoms with van der Waals surface area (Å²) < 4.78 is 14.7. The molecule has 6 nitrogen and oxygen atoms in total. The average molecular weight is 418 g/mol. The fraction of sp³-hybridized carbons (Fsp3) is 0.357. The Kier molecular flexibility index (Phi) is 7.22. The molecule has 0 fully saturated rings. The van der Waals surface area contributed by atoms with Gasteiger partial charge in [-0.3, -0.25) is 4.99 Å². The van der Waals surface area contributed by atoms with Crippen LogP contribution < -0.4 is 5.32 Å². The van der Waals surface area contributed by atoms with Crippen LogP contribution in [0.15, 0.2) is 35.6 Å². The molecule has 0 saturated heterocycles. The van der Waals surface area contributed by atoms with E-state index in [1.807, 2.05) is 23.6 Å². The summed E-state index contributed by atoms with van der Waals surface area (Å²) in [4.78, 5) is 6.19. The molecule has 0 saturated carbocycles. The van der Waals surface area contributed by atoms with Crippen LogP contribution in [-0.4, -0.2) is 39.7 Å². The molecule has 0 spiro atoms. The van der Waals surface area contributed by atoms with Crippen LogP contribution in [-0.2, 0) is 20.1 Å². The molecule has 22 heavy (non-hydrogen) atoms. The molecule has 1 aromatic heterocycles. The first-order valence-electron chi connectivity index (χ1n) is 6.59. The lowest BCUT2D eigenvalue weighted by molar-refractivity contribution is 0.474. The molecule has 1 heterocycles. The third-order valence-corrected chi connectivity index (χ3v) is 3.12. The standard InChI is InChI=1S/C14H19FN6.HI/c1-16-14(17-8-13-19-18-10-21(13)3)20(2)9-11-4-6-12(15)7-5-11;/h4-7,10H,8-9H2,1-3H3,(H,16,17);1H. The van der Waals surface area contributed by atoms with Crippen molar-refractivity contribution in [2.45, 2.75) is 13.1 Å². The van der Waals surface area contributed by atoms with Gasteiger partial charge in [-0.25, -0.2) is 4.39 Å². The summed E-state index contributed by atoms with van der Waals surface area (Å²) >= 11 is 0. The van der Waals surface area contributed by atoms with E-state index < -0.39 is 0 Å². The molecule has 120 valence electrons. The van der Waals surface area contributed by atoms with E-state index in [1.165, 1.54) is 12.1 Å². The van der Waals surface area contributed by atoms with Crippen LogP contribution in [0.5, 0.6) is 0 Å². The summed E-state index contributed by atoms with van der Waals surface area (Å²) in [5.74, 6) is 1.33. The molecule has 0 atom stereocenters. The number of benzene rings is 1. The summed E-state index contributed by atoms with van der Waals surface area (Å²) in [6.45, 7) is 1.18. The monoisotopic (exact) mass is 418 g/mol. The molecule has 0 aliphatic carbocycles. The van der Waals surface area contributed by atoms with Gasteiger partial charge in [-0.1, -0.05) is 12.1 Å². The molecule has 0 unspecified atom stereocenters. The summed E-state index contributed by atoms with van der Waals surface area (Å²) in [5.41, 5.74) is 1.01. The summed E-state index contributed by atoms with van der Waals surface area (Å²) in [6.07, 6.45) is 1.65. The van der Waals surface area contributed by atoms with E-state index in [0.717, 1.165) is 17.3 Å². The van der Waals surface area contributed by atoms with E-state index in [9.17, 15) is 4.39 Å². The van der Waals surface area contributed by atoms with E-state index in [0.29, 0.717) is 13.1 Å². The maximum absolute atomic E-state index is 12.9. The first-order valence-corrected chi connectivity index (χ1v) is 6.59. The second kappa shape index (κ2) is 8.66. The van der Waals surface area contributed by atoms with Gasteiger partial charge in [0.1, 0.15) is 12.1 Å². The third-order valence-electron chi connectivity index (χ3n) is 3.12. The zero-order valence-corrected chi connectivity index (χ0v) is 15.2. The molecule has 0 bridgehead atoms. The molecule has 8 heteroatoms. The number of aromatic nitrogens is 3. The second-order valence-corrected chi connectivity index (χ2v) is 4.74. The van der Waals surface area contributed by atoms with Crippen molar-refractivity contribution in [3.05, 3.63) is 47.8 Å². The first-order chi connectivity index (χ1) is 10.1. The number of halogens is 2. The van der Waals surface area contributed by atoms with Crippen LogP contribution in [0.4, 0.5) is 4.39 Å². The van der Waals surface area contributed by atoms with Crippen LogP contribution in [0.1, 0.15) is 11.4 Å². The Morgan fingerprint density at radius 3 is 2.59 bits per heavy atom. The quantitative estimate of drug-likeness (QED) is 0.468. The Morgan fingerprint density at radius 1 is 1.36 bits per heavy atom. The first kappa shape index (κ1) is 18.3. The number of hydrogen-bond acceptors (Lipinski definition) is 3. The normalized spacial score (nSPS) is 11.0. The van der Waals surface area contributed by atoms with E-state index in [4.69, 9.17) is 0 Å². The van der Waals surface area contributed by atoms with Crippen LogP contribution in [0, 0.1) is 5.82 Å². The van der Waals surface area contributed by atoms with E-state index in [2.05, 4.69) is 20.5 Å². The highest BCUT2D eigenvalue weighted by Crippen LogP contribution is 2.05. The summed E-state index contributed by atoms with van der Waals surface area (Å²) in [7, 11) is 5.54. The largest absolute Gasteiger partial charge is 0.349 e. The van der Waals surface area contributed by atoms with Gasteiger partial charge in [-0.2, -0.15) is 0 Å². The fourth-order valence-corrected chi connectivity index (χ4v) is 1.95. The lowest BCUT2D eigenvalue weighted by Crippen LogP contribution is -2.38. The van der Waals surface area contributed by atoms with Gasteiger partial charge in [0.15, 0.2) is 11.8 Å². The predicted molar refractivity (Wildman–Crippen MR) is 94.5 cm³/mol. The minimum atomic E-state index is -0.230. The fourth-order valence-electron chi connectivity index (χ4n) is 1.95. The lowest BCUT2D eigenvalue weighted by Gasteiger charge is -2.22. The topological polar surface area (TPSA) is 58.3 Å². The van der Waals surface area contributed by atoms with Crippen molar-refractivity contribution in [3.8, 4) is 0 Å². The Hall–Kier alpha value is -1.71. The van der Waals surface area contributed by atoms with Gasteiger partial charge in [-0.15, -0.1) is 34.2 Å². The van der Waals surface area contributed by atoms with Crippen molar-refractivity contribution in [2.75, 3.05) is 14.1 Å². The maximum Gasteiger partial charge on any atom is 0.194 e. The smallest absolute Gasteiger partial charge is 0.194 e. The van der Waals surface area contributed by atoms with Crippen LogP contribution in [0.2, 0.25) is 0 Å². The average Bonchev–Trinajstić information content (AvgIpc) is 2.88. The Labute approximate surface area is 146 Å². The van der Waals surface area contributed by atoms with Gasteiger partial charge >= 0.3 is 0 Å². The SMILES string of the molecule is CN=C(NCc1nncn1C)N(C)Cc1ccc(F)cc1.I. The zero-order valence-electron chi connectivity index (χ0n) is 12.8. The number of guanidine groups is 1. The number of aryl methyl sites for hydroxylation is 1. The van der Waals surface area contributed by atoms with Crippen molar-refractivity contribution in [3.63, 3.8) is 0 Å². The molecule has 2 aromatic rings. The third kappa shape index (κ3) is 4.93. The number of nitrogens with zero attached hydrogens (tertiary/aromatic N) is 5. The molecule has 0 aliphatic heterocycles. The van der Waals surface area contributed by atoms with Gasteiger partial charge in [0, 0.05) is 27.7 Å². The van der Waals surface area contributed by atoms with Crippen LogP contribution in [0.25, 0.3) is 0 Å². The van der Waals surface area contributed by atoms with Crippen molar-refractivity contribution < 1.29 is 4.39 Å². The van der Waals surface area contributed by atoms with Crippen molar-refractivity contribution >= 4 is 29.9 Å². The summed E-state index contributed by atoms with van der Waals surface area (Å²) in [5, 5.41) is 11.1. The predicted octanol–water partition coefficient (Wildman–Crippen LogP) is 1.78. The van der Waals surface area contributed by atoms with Gasteiger partial charge in [-0.05, 0) is 17.7 Å². The molecule has 0 amide bonds. The van der Waals surface area contributed by atoms with E-state index in [1.54, 1.807) is 25.5 Å². The number of nitrogens with one attached hydrogen (secondary N) is 1. The van der Waals surface area contributed by atoms with Crippen molar-refractivity contribution in [1.29, 1.82) is 0 Å². The minimum Gasteiger partial charge on any atom is -0.349 e. The number of rotatable bonds is 4. The van der Waals surface area contributed by atoms with E-state index >= 15 is 0 Å². The van der Waals surface area contributed by atoms with E-state index in [-0.39, 0.29) is 29.8 Å². The second-order valence-electron chi connectivity index (χ2n) is 4.74. The van der Waals surface area contributed by atoms with Gasteiger partial charge in [0.05, 0.1) is 6.54 Å². The van der Waals surface area contributed by atoms with Gasteiger partial charge < -0.3 is 14.8 Å². The highest BCUT2D eigenvalue weighted by atomic mass is 127. The number of hydrogen-bond donors (Lipinski definition) is 1. The highest BCUT2D eigenvalue weighted by Gasteiger charge is 2.08.